The van der Waals surface area contributed by atoms with Crippen molar-refractivity contribution in [2.24, 2.45) is 0 Å². The zero-order valence-corrected chi connectivity index (χ0v) is 15.7. The predicted octanol–water partition coefficient (Wildman–Crippen LogP) is 3.76. The summed E-state index contributed by atoms with van der Waals surface area (Å²) in [5.74, 6) is 0.593. The number of nitrogens with zero attached hydrogens (tertiary/aromatic N) is 4. The molecule has 136 valence electrons. The Labute approximate surface area is 152 Å². The largest absolute Gasteiger partial charge is 0.359 e. The number of aromatic nitrogens is 3. The smallest absolute Gasteiger partial charge is 0.322 e. The van der Waals surface area contributed by atoms with Crippen molar-refractivity contribution in [2.45, 2.75) is 34.2 Å². The van der Waals surface area contributed by atoms with Gasteiger partial charge in [0, 0.05) is 19.3 Å². The summed E-state index contributed by atoms with van der Waals surface area (Å²) in [5.41, 5.74) is 5.33. The Morgan fingerprint density at radius 2 is 2.00 bits per heavy atom. The van der Waals surface area contributed by atoms with Crippen LogP contribution in [-0.4, -0.2) is 32.9 Å². The molecule has 0 saturated carbocycles. The molecular weight excluding hydrogens is 330 g/mol. The van der Waals surface area contributed by atoms with Crippen molar-refractivity contribution in [3.05, 3.63) is 58.7 Å². The van der Waals surface area contributed by atoms with Crippen LogP contribution in [0.5, 0.6) is 0 Å². The lowest BCUT2D eigenvalue weighted by Gasteiger charge is -2.18. The number of benzene rings is 1. The Hall–Kier alpha value is -3.09. The molecular formula is C19H23N5O2. The van der Waals surface area contributed by atoms with Gasteiger partial charge in [-0.3, -0.25) is 0 Å². The van der Waals surface area contributed by atoms with Crippen molar-refractivity contribution in [1.82, 2.24) is 19.8 Å². The minimum atomic E-state index is -0.212. The zero-order chi connectivity index (χ0) is 18.8. The van der Waals surface area contributed by atoms with Crippen molar-refractivity contribution in [3.63, 3.8) is 0 Å². The summed E-state index contributed by atoms with van der Waals surface area (Å²) in [6.07, 6.45) is 0. The molecule has 2 amide bonds. The molecule has 1 N–H and O–H groups in total. The van der Waals surface area contributed by atoms with Crippen LogP contribution in [-0.2, 0) is 6.54 Å². The van der Waals surface area contributed by atoms with E-state index in [0.29, 0.717) is 23.7 Å². The lowest BCUT2D eigenvalue weighted by molar-refractivity contribution is 0.220. The van der Waals surface area contributed by atoms with Crippen LogP contribution in [0.2, 0.25) is 0 Å². The second-order valence-corrected chi connectivity index (χ2v) is 6.49. The van der Waals surface area contributed by atoms with Crippen molar-refractivity contribution in [1.29, 1.82) is 0 Å². The van der Waals surface area contributed by atoms with Crippen LogP contribution >= 0.6 is 0 Å². The lowest BCUT2D eigenvalue weighted by Crippen LogP contribution is -2.31. The molecule has 0 atom stereocenters. The maximum absolute atomic E-state index is 12.5. The minimum absolute atomic E-state index is 0.212. The average Bonchev–Trinajstić information content (AvgIpc) is 3.10. The predicted molar refractivity (Wildman–Crippen MR) is 99.5 cm³/mol. The number of hydrogen-bond donors (Lipinski definition) is 1. The van der Waals surface area contributed by atoms with E-state index in [1.807, 2.05) is 48.9 Å². The summed E-state index contributed by atoms with van der Waals surface area (Å²) < 4.78 is 6.98. The highest BCUT2D eigenvalue weighted by molar-refractivity contribution is 5.90. The monoisotopic (exact) mass is 353 g/mol. The van der Waals surface area contributed by atoms with Crippen LogP contribution in [0.15, 0.2) is 34.9 Å². The molecule has 3 aromatic rings. The molecule has 2 heterocycles. The number of aryl methyl sites for hydroxylation is 4. The minimum Gasteiger partial charge on any atom is -0.359 e. The maximum atomic E-state index is 12.5. The Kier molecular flexibility index (Phi) is 4.79. The van der Waals surface area contributed by atoms with Crippen LogP contribution in [0.4, 0.5) is 10.5 Å². The van der Waals surface area contributed by atoms with Gasteiger partial charge in [0.25, 0.3) is 0 Å². The van der Waals surface area contributed by atoms with E-state index >= 15 is 0 Å². The Bertz CT molecular complexity index is 922. The van der Waals surface area contributed by atoms with Crippen LogP contribution < -0.4 is 5.32 Å². The van der Waals surface area contributed by atoms with Gasteiger partial charge in [0.1, 0.15) is 11.4 Å². The number of urea groups is 1. The molecule has 0 aliphatic heterocycles. The Morgan fingerprint density at radius 3 is 2.62 bits per heavy atom. The number of anilines is 1. The van der Waals surface area contributed by atoms with Gasteiger partial charge in [-0.25, -0.2) is 9.48 Å². The van der Waals surface area contributed by atoms with Crippen molar-refractivity contribution in [2.75, 3.05) is 12.4 Å². The van der Waals surface area contributed by atoms with Gasteiger partial charge in [-0.2, -0.15) is 5.10 Å². The molecule has 1 aromatic carbocycles. The molecule has 3 rings (SSSR count). The van der Waals surface area contributed by atoms with Gasteiger partial charge < -0.3 is 14.7 Å². The molecule has 2 aromatic heterocycles. The molecule has 0 spiro atoms. The Balaban J connectivity index is 1.73. The highest BCUT2D eigenvalue weighted by Crippen LogP contribution is 2.20. The third-order valence-electron chi connectivity index (χ3n) is 4.20. The molecule has 0 saturated heterocycles. The summed E-state index contributed by atoms with van der Waals surface area (Å²) in [6.45, 7) is 8.04. The first-order chi connectivity index (χ1) is 12.3. The number of rotatable bonds is 4. The molecule has 7 nitrogen and oxygen atoms in total. The maximum Gasteiger partial charge on any atom is 0.322 e. The Morgan fingerprint density at radius 1 is 1.23 bits per heavy atom. The molecule has 0 aliphatic carbocycles. The highest BCUT2D eigenvalue weighted by Gasteiger charge is 2.16. The third-order valence-corrected chi connectivity index (χ3v) is 4.20. The van der Waals surface area contributed by atoms with Gasteiger partial charge in [-0.15, -0.1) is 0 Å². The molecule has 0 aliphatic rings. The number of hydrogen-bond acceptors (Lipinski definition) is 4. The van der Waals surface area contributed by atoms with Gasteiger partial charge in [0.15, 0.2) is 5.76 Å². The summed E-state index contributed by atoms with van der Waals surface area (Å²) in [5, 5.41) is 11.2. The van der Waals surface area contributed by atoms with E-state index in [-0.39, 0.29) is 6.03 Å². The van der Waals surface area contributed by atoms with Gasteiger partial charge in [0.2, 0.25) is 0 Å². The van der Waals surface area contributed by atoms with E-state index in [1.54, 1.807) is 25.8 Å². The summed E-state index contributed by atoms with van der Waals surface area (Å²) in [6, 6.07) is 9.84. The molecule has 0 unspecified atom stereocenters. The molecule has 7 heteroatoms. The second kappa shape index (κ2) is 7.03. The van der Waals surface area contributed by atoms with E-state index in [9.17, 15) is 4.79 Å². The standard InChI is InChI=1S/C19H23N5O2/c1-12-9-13(2)24(21-12)17-8-6-7-16(10-17)11-23(5)19(25)20-18-14(3)22-26-15(18)4/h6-10H,11H2,1-5H3,(H,20,25). The fraction of sp³-hybridized carbons (Fsp3) is 0.316. The lowest BCUT2D eigenvalue weighted by atomic mass is 10.2. The summed E-state index contributed by atoms with van der Waals surface area (Å²) >= 11 is 0. The van der Waals surface area contributed by atoms with Gasteiger partial charge in [-0.05, 0) is 51.5 Å². The van der Waals surface area contributed by atoms with Crippen molar-refractivity contribution < 1.29 is 9.32 Å². The number of carbonyl (C=O) groups excluding carboxylic acids is 1. The van der Waals surface area contributed by atoms with E-state index in [4.69, 9.17) is 4.52 Å². The molecule has 26 heavy (non-hydrogen) atoms. The summed E-state index contributed by atoms with van der Waals surface area (Å²) in [4.78, 5) is 14.1. The van der Waals surface area contributed by atoms with Gasteiger partial charge in [0.05, 0.1) is 11.4 Å². The van der Waals surface area contributed by atoms with Crippen LogP contribution in [0.25, 0.3) is 5.69 Å². The first-order valence-corrected chi connectivity index (χ1v) is 8.42. The van der Waals surface area contributed by atoms with Crippen LogP contribution in [0.3, 0.4) is 0 Å². The number of amides is 2. The first kappa shape index (κ1) is 17.7. The third kappa shape index (κ3) is 3.61. The molecule has 0 fully saturated rings. The average molecular weight is 353 g/mol. The molecule has 0 radical (unpaired) electrons. The van der Waals surface area contributed by atoms with Gasteiger partial charge in [-0.1, -0.05) is 17.3 Å². The second-order valence-electron chi connectivity index (χ2n) is 6.49. The van der Waals surface area contributed by atoms with E-state index in [1.165, 1.54) is 0 Å². The van der Waals surface area contributed by atoms with Gasteiger partial charge >= 0.3 is 6.03 Å². The zero-order valence-electron chi connectivity index (χ0n) is 15.7. The normalized spacial score (nSPS) is 10.8. The van der Waals surface area contributed by atoms with Crippen molar-refractivity contribution in [3.8, 4) is 5.69 Å². The molecule has 0 bridgehead atoms. The first-order valence-electron chi connectivity index (χ1n) is 8.42. The fourth-order valence-corrected chi connectivity index (χ4v) is 2.89. The van der Waals surface area contributed by atoms with E-state index < -0.39 is 0 Å². The summed E-state index contributed by atoms with van der Waals surface area (Å²) in [7, 11) is 1.75. The number of carbonyl (C=O) groups is 1. The van der Waals surface area contributed by atoms with Crippen LogP contribution in [0, 0.1) is 27.7 Å². The topological polar surface area (TPSA) is 76.2 Å². The fourth-order valence-electron chi connectivity index (χ4n) is 2.89. The van der Waals surface area contributed by atoms with Crippen molar-refractivity contribution >= 4 is 11.7 Å². The van der Waals surface area contributed by atoms with E-state index in [0.717, 1.165) is 22.6 Å². The number of nitrogens with one attached hydrogen (secondary N) is 1. The SMILES string of the molecule is Cc1cc(C)n(-c2cccc(CN(C)C(=O)Nc3c(C)noc3C)c2)n1. The van der Waals surface area contributed by atoms with E-state index in [2.05, 4.69) is 15.6 Å². The van der Waals surface area contributed by atoms with Crippen LogP contribution in [0.1, 0.15) is 28.4 Å². The highest BCUT2D eigenvalue weighted by atomic mass is 16.5. The quantitative estimate of drug-likeness (QED) is 0.775.